The molecule has 0 aliphatic rings. The van der Waals surface area contributed by atoms with Gasteiger partial charge in [-0.25, -0.2) is 0 Å². The highest BCUT2D eigenvalue weighted by molar-refractivity contribution is 5.21. The number of nitrogens with zero attached hydrogens (tertiary/aromatic N) is 2. The van der Waals surface area contributed by atoms with E-state index in [9.17, 15) is 0 Å². The van der Waals surface area contributed by atoms with Crippen LogP contribution in [0.2, 0.25) is 0 Å². The van der Waals surface area contributed by atoms with Gasteiger partial charge in [0.05, 0.1) is 5.69 Å². The summed E-state index contributed by atoms with van der Waals surface area (Å²) in [5.41, 5.74) is 2.60. The van der Waals surface area contributed by atoms with Crippen LogP contribution in [0.4, 0.5) is 0 Å². The van der Waals surface area contributed by atoms with Crippen molar-refractivity contribution in [1.82, 2.24) is 15.1 Å². The van der Waals surface area contributed by atoms with Crippen molar-refractivity contribution in [2.75, 3.05) is 7.05 Å². The first-order valence-corrected chi connectivity index (χ1v) is 6.31. The van der Waals surface area contributed by atoms with Crippen molar-refractivity contribution in [3.05, 3.63) is 17.5 Å². The van der Waals surface area contributed by atoms with E-state index in [0.717, 1.165) is 12.3 Å². The molecule has 3 nitrogen and oxygen atoms in total. The summed E-state index contributed by atoms with van der Waals surface area (Å²) in [5.74, 6) is 0.752. The van der Waals surface area contributed by atoms with Gasteiger partial charge in [-0.05, 0) is 25.8 Å². The Morgan fingerprint density at radius 2 is 2.12 bits per heavy atom. The van der Waals surface area contributed by atoms with Crippen molar-refractivity contribution in [3.63, 3.8) is 0 Å². The van der Waals surface area contributed by atoms with Gasteiger partial charge in [-0.1, -0.05) is 27.2 Å². The normalized spacial score (nSPS) is 15.1. The second-order valence-electron chi connectivity index (χ2n) is 4.65. The quantitative estimate of drug-likeness (QED) is 0.803. The number of hydrogen-bond donors (Lipinski definition) is 1. The van der Waals surface area contributed by atoms with Crippen LogP contribution >= 0.6 is 0 Å². The molecule has 2 unspecified atom stereocenters. The minimum atomic E-state index is 0.443. The first-order valence-electron chi connectivity index (χ1n) is 6.31. The fourth-order valence-electron chi connectivity index (χ4n) is 2.09. The Morgan fingerprint density at radius 3 is 2.62 bits per heavy atom. The van der Waals surface area contributed by atoms with Crippen molar-refractivity contribution in [3.8, 4) is 0 Å². The molecule has 0 saturated heterocycles. The number of hydrogen-bond acceptors (Lipinski definition) is 2. The molecule has 0 bridgehead atoms. The van der Waals surface area contributed by atoms with Crippen molar-refractivity contribution in [2.24, 2.45) is 13.0 Å². The third-order valence-corrected chi connectivity index (χ3v) is 3.33. The van der Waals surface area contributed by atoms with Gasteiger partial charge in [0.2, 0.25) is 0 Å². The van der Waals surface area contributed by atoms with E-state index in [0.29, 0.717) is 6.04 Å². The summed E-state index contributed by atoms with van der Waals surface area (Å²) in [4.78, 5) is 0. The van der Waals surface area contributed by atoms with E-state index in [1.807, 2.05) is 18.8 Å². The Morgan fingerprint density at radius 1 is 1.44 bits per heavy atom. The second kappa shape index (κ2) is 6.04. The lowest BCUT2D eigenvalue weighted by molar-refractivity contribution is 0.420. The molecule has 16 heavy (non-hydrogen) atoms. The molecule has 0 aromatic carbocycles. The molecule has 1 aromatic heterocycles. The van der Waals surface area contributed by atoms with E-state index in [-0.39, 0.29) is 0 Å². The molecule has 0 fully saturated rings. The maximum absolute atomic E-state index is 4.51. The molecule has 1 rings (SSSR count). The van der Waals surface area contributed by atoms with Gasteiger partial charge in [0.1, 0.15) is 0 Å². The lowest BCUT2D eigenvalue weighted by atomic mass is 9.94. The minimum absolute atomic E-state index is 0.443. The summed E-state index contributed by atoms with van der Waals surface area (Å²) in [7, 11) is 4.04. The monoisotopic (exact) mass is 223 g/mol. The third-order valence-electron chi connectivity index (χ3n) is 3.33. The molecule has 0 aliphatic heterocycles. The summed E-state index contributed by atoms with van der Waals surface area (Å²) >= 11 is 0. The molecule has 0 spiro atoms. The topological polar surface area (TPSA) is 29.9 Å². The predicted molar refractivity (Wildman–Crippen MR) is 68.5 cm³/mol. The molecule has 2 atom stereocenters. The van der Waals surface area contributed by atoms with Crippen LogP contribution in [0.1, 0.15) is 50.9 Å². The highest BCUT2D eigenvalue weighted by Crippen LogP contribution is 2.25. The molecular formula is C13H25N3. The lowest BCUT2D eigenvalue weighted by Crippen LogP contribution is -2.19. The standard InChI is InChI=1S/C13H25N3/c1-6-10(3)8-13(14-4)11-9-16(5)15-12(11)7-2/h9-10,13-14H,6-8H2,1-5H3. The summed E-state index contributed by atoms with van der Waals surface area (Å²) in [6, 6.07) is 0.443. The van der Waals surface area contributed by atoms with Gasteiger partial charge in [0, 0.05) is 24.8 Å². The van der Waals surface area contributed by atoms with Crippen molar-refractivity contribution in [2.45, 2.75) is 46.1 Å². The van der Waals surface area contributed by atoms with Gasteiger partial charge >= 0.3 is 0 Å². The average molecular weight is 223 g/mol. The van der Waals surface area contributed by atoms with Gasteiger partial charge in [-0.15, -0.1) is 0 Å². The number of aromatic nitrogens is 2. The van der Waals surface area contributed by atoms with E-state index in [2.05, 4.69) is 37.4 Å². The van der Waals surface area contributed by atoms with E-state index in [1.165, 1.54) is 24.1 Å². The maximum Gasteiger partial charge on any atom is 0.0669 e. The van der Waals surface area contributed by atoms with E-state index < -0.39 is 0 Å². The summed E-state index contributed by atoms with van der Waals surface area (Å²) in [6.07, 6.45) is 5.59. The minimum Gasteiger partial charge on any atom is -0.313 e. The first kappa shape index (κ1) is 13.2. The van der Waals surface area contributed by atoms with Crippen LogP contribution in [-0.2, 0) is 13.5 Å². The fraction of sp³-hybridized carbons (Fsp3) is 0.769. The largest absolute Gasteiger partial charge is 0.313 e. The maximum atomic E-state index is 4.51. The van der Waals surface area contributed by atoms with E-state index in [4.69, 9.17) is 0 Å². The van der Waals surface area contributed by atoms with Gasteiger partial charge in [-0.2, -0.15) is 5.10 Å². The highest BCUT2D eigenvalue weighted by atomic mass is 15.3. The Hall–Kier alpha value is -0.830. The predicted octanol–water partition coefficient (Wildman–Crippen LogP) is 2.68. The SMILES string of the molecule is CCc1nn(C)cc1C(CC(C)CC)NC. The number of aryl methyl sites for hydroxylation is 2. The molecule has 0 aliphatic carbocycles. The van der Waals surface area contributed by atoms with Crippen LogP contribution < -0.4 is 5.32 Å². The second-order valence-corrected chi connectivity index (χ2v) is 4.65. The molecule has 0 saturated carbocycles. The molecule has 1 N–H and O–H groups in total. The van der Waals surface area contributed by atoms with Crippen LogP contribution in [0, 0.1) is 5.92 Å². The zero-order valence-electron chi connectivity index (χ0n) is 11.2. The van der Waals surface area contributed by atoms with Gasteiger partial charge in [-0.3, -0.25) is 4.68 Å². The Bertz CT molecular complexity index is 317. The smallest absolute Gasteiger partial charge is 0.0669 e. The van der Waals surface area contributed by atoms with Crippen molar-refractivity contribution in [1.29, 1.82) is 0 Å². The molecule has 3 heteroatoms. The van der Waals surface area contributed by atoms with Crippen LogP contribution in [0.25, 0.3) is 0 Å². The summed E-state index contributed by atoms with van der Waals surface area (Å²) in [5, 5.41) is 7.93. The molecule has 1 heterocycles. The lowest BCUT2D eigenvalue weighted by Gasteiger charge is -2.19. The fourth-order valence-corrected chi connectivity index (χ4v) is 2.09. The van der Waals surface area contributed by atoms with Crippen LogP contribution in [0.5, 0.6) is 0 Å². The van der Waals surface area contributed by atoms with Crippen LogP contribution in [0.15, 0.2) is 6.20 Å². The van der Waals surface area contributed by atoms with Crippen LogP contribution in [-0.4, -0.2) is 16.8 Å². The van der Waals surface area contributed by atoms with Gasteiger partial charge in [0.15, 0.2) is 0 Å². The van der Waals surface area contributed by atoms with Crippen LogP contribution in [0.3, 0.4) is 0 Å². The van der Waals surface area contributed by atoms with E-state index in [1.54, 1.807) is 0 Å². The van der Waals surface area contributed by atoms with Gasteiger partial charge in [0.25, 0.3) is 0 Å². The molecular weight excluding hydrogens is 198 g/mol. The van der Waals surface area contributed by atoms with Crippen molar-refractivity contribution >= 4 is 0 Å². The van der Waals surface area contributed by atoms with Gasteiger partial charge < -0.3 is 5.32 Å². The number of rotatable bonds is 6. The number of nitrogens with one attached hydrogen (secondary N) is 1. The molecule has 92 valence electrons. The molecule has 0 amide bonds. The molecule has 1 aromatic rings. The van der Waals surface area contributed by atoms with E-state index >= 15 is 0 Å². The first-order chi connectivity index (χ1) is 7.62. The van der Waals surface area contributed by atoms with Crippen molar-refractivity contribution < 1.29 is 0 Å². The Balaban J connectivity index is 2.85. The average Bonchev–Trinajstić information content (AvgIpc) is 2.66. The summed E-state index contributed by atoms with van der Waals surface area (Å²) in [6.45, 7) is 6.73. The highest BCUT2D eigenvalue weighted by Gasteiger charge is 2.17. The molecule has 0 radical (unpaired) electrons. The Labute approximate surface area is 99.2 Å². The Kier molecular flexibility index (Phi) is 5.00. The third kappa shape index (κ3) is 3.08. The zero-order chi connectivity index (χ0) is 12.1. The zero-order valence-corrected chi connectivity index (χ0v) is 11.2. The summed E-state index contributed by atoms with van der Waals surface area (Å²) < 4.78 is 1.93.